The number of carboxylic acid groups (broad SMARTS) is 1. The molecule has 0 unspecified atom stereocenters. The van der Waals surface area contributed by atoms with Gasteiger partial charge in [-0.1, -0.05) is 6.07 Å². The summed E-state index contributed by atoms with van der Waals surface area (Å²) in [5.74, 6) is -0.643. The van der Waals surface area contributed by atoms with Crippen LogP contribution in [0.1, 0.15) is 97.0 Å². The highest BCUT2D eigenvalue weighted by Gasteiger charge is 2.33. The van der Waals surface area contributed by atoms with Crippen molar-refractivity contribution in [1.82, 2.24) is 20.1 Å². The van der Waals surface area contributed by atoms with E-state index >= 15 is 0 Å². The van der Waals surface area contributed by atoms with Gasteiger partial charge in [-0.15, -0.1) is 0 Å². The Labute approximate surface area is 242 Å². The summed E-state index contributed by atoms with van der Waals surface area (Å²) in [6.45, 7) is 13.6. The lowest BCUT2D eigenvalue weighted by Crippen LogP contribution is -2.55. The first-order chi connectivity index (χ1) is 19.4. The average molecular weight is 567 g/mol. The SMILES string of the molecule is CCNC(=O)c1cc(C(=O)O)c(C)cc1O[C@H](CN1CCN(C(=O)OC(C)(C)C)[C@H](C)C1)c1ccc(C2CC2)cn1. The van der Waals surface area contributed by atoms with Crippen molar-refractivity contribution in [1.29, 1.82) is 0 Å². The molecule has 222 valence electrons. The van der Waals surface area contributed by atoms with E-state index < -0.39 is 23.6 Å². The molecule has 2 fully saturated rings. The monoisotopic (exact) mass is 566 g/mol. The van der Waals surface area contributed by atoms with Crippen LogP contribution < -0.4 is 10.1 Å². The van der Waals surface area contributed by atoms with Gasteiger partial charge in [-0.3, -0.25) is 14.7 Å². The van der Waals surface area contributed by atoms with Gasteiger partial charge in [0.25, 0.3) is 5.91 Å². The zero-order valence-electron chi connectivity index (χ0n) is 24.9. The molecule has 2 aromatic rings. The van der Waals surface area contributed by atoms with Crippen LogP contribution in [0, 0.1) is 6.92 Å². The molecule has 0 spiro atoms. The Morgan fingerprint density at radius 3 is 2.44 bits per heavy atom. The van der Waals surface area contributed by atoms with Gasteiger partial charge < -0.3 is 24.8 Å². The van der Waals surface area contributed by atoms with Gasteiger partial charge in [0.2, 0.25) is 0 Å². The van der Waals surface area contributed by atoms with E-state index in [4.69, 9.17) is 14.5 Å². The molecule has 0 bridgehead atoms. The van der Waals surface area contributed by atoms with Crippen LogP contribution in [0.3, 0.4) is 0 Å². The molecule has 10 nitrogen and oxygen atoms in total. The Morgan fingerprint density at radius 2 is 1.88 bits per heavy atom. The molecule has 10 heteroatoms. The summed E-state index contributed by atoms with van der Waals surface area (Å²) in [7, 11) is 0. The molecule has 4 rings (SSSR count). The number of ether oxygens (including phenoxy) is 2. The maximum Gasteiger partial charge on any atom is 0.410 e. The standard InChI is InChI=1S/C31H42N4O6/c1-7-32-28(36)24-15-23(29(37)38)19(2)14-26(24)40-27(25-11-10-22(16-33-25)21-8-9-21)18-34-12-13-35(20(3)17-34)30(39)41-31(4,5)6/h10-11,14-16,20-21,27H,7-9,12-13,17-18H2,1-6H3,(H,32,36)(H,37,38)/t20-,27-/m1/s1. The first-order valence-electron chi connectivity index (χ1n) is 14.4. The van der Waals surface area contributed by atoms with Crippen LogP contribution in [0.15, 0.2) is 30.5 Å². The van der Waals surface area contributed by atoms with Gasteiger partial charge in [0, 0.05) is 45.0 Å². The summed E-state index contributed by atoms with van der Waals surface area (Å²) in [6, 6.07) is 6.97. The second-order valence-corrected chi connectivity index (χ2v) is 12.0. The summed E-state index contributed by atoms with van der Waals surface area (Å²) in [5.41, 5.74) is 2.07. The maximum atomic E-state index is 13.0. The molecule has 1 saturated heterocycles. The smallest absolute Gasteiger partial charge is 0.410 e. The van der Waals surface area contributed by atoms with Crippen molar-refractivity contribution in [2.75, 3.05) is 32.7 Å². The lowest BCUT2D eigenvalue weighted by Gasteiger charge is -2.41. The third kappa shape index (κ3) is 7.75. The normalized spacial score (nSPS) is 18.5. The molecular weight excluding hydrogens is 524 g/mol. The number of nitrogens with zero attached hydrogens (tertiary/aromatic N) is 3. The van der Waals surface area contributed by atoms with Crippen molar-refractivity contribution in [3.63, 3.8) is 0 Å². The predicted molar refractivity (Wildman–Crippen MR) is 155 cm³/mol. The van der Waals surface area contributed by atoms with E-state index in [-0.39, 0.29) is 23.3 Å². The number of benzene rings is 1. The molecule has 2 atom stereocenters. The molecule has 2 aliphatic rings. The van der Waals surface area contributed by atoms with E-state index in [1.54, 1.807) is 24.8 Å². The van der Waals surface area contributed by atoms with Gasteiger partial charge >= 0.3 is 12.1 Å². The summed E-state index contributed by atoms with van der Waals surface area (Å²) in [4.78, 5) is 46.3. The van der Waals surface area contributed by atoms with Crippen molar-refractivity contribution >= 4 is 18.0 Å². The number of hydrogen-bond donors (Lipinski definition) is 2. The first kappa shape index (κ1) is 30.3. The molecule has 2 amide bonds. The molecule has 1 aliphatic carbocycles. The molecule has 1 aromatic carbocycles. The van der Waals surface area contributed by atoms with Crippen LogP contribution in [-0.4, -0.2) is 82.2 Å². The number of rotatable bonds is 9. The lowest BCUT2D eigenvalue weighted by molar-refractivity contribution is -0.00317. The number of aryl methyl sites for hydroxylation is 1. The second-order valence-electron chi connectivity index (χ2n) is 12.0. The van der Waals surface area contributed by atoms with Crippen molar-refractivity contribution in [3.8, 4) is 5.75 Å². The topological polar surface area (TPSA) is 121 Å². The maximum absolute atomic E-state index is 13.0. The molecule has 41 heavy (non-hydrogen) atoms. The molecule has 1 aromatic heterocycles. The highest BCUT2D eigenvalue weighted by atomic mass is 16.6. The van der Waals surface area contributed by atoms with E-state index in [0.29, 0.717) is 50.0 Å². The minimum Gasteiger partial charge on any atom is -0.482 e. The van der Waals surface area contributed by atoms with E-state index in [1.807, 2.05) is 40.0 Å². The highest BCUT2D eigenvalue weighted by Crippen LogP contribution is 2.40. The second kappa shape index (κ2) is 12.5. The predicted octanol–water partition coefficient (Wildman–Crippen LogP) is 4.78. The van der Waals surface area contributed by atoms with Crippen molar-refractivity contribution < 1.29 is 29.0 Å². The largest absolute Gasteiger partial charge is 0.482 e. The fourth-order valence-electron chi connectivity index (χ4n) is 5.08. The minimum absolute atomic E-state index is 0.0501. The minimum atomic E-state index is -1.11. The number of carbonyl (C=O) groups excluding carboxylic acids is 2. The fourth-order valence-corrected chi connectivity index (χ4v) is 5.08. The Morgan fingerprint density at radius 1 is 1.15 bits per heavy atom. The quantitative estimate of drug-likeness (QED) is 0.445. The van der Waals surface area contributed by atoms with Crippen molar-refractivity contribution in [2.24, 2.45) is 0 Å². The first-order valence-corrected chi connectivity index (χ1v) is 14.4. The number of aromatic nitrogens is 1. The molecule has 2 heterocycles. The van der Waals surface area contributed by atoms with Gasteiger partial charge in [0.05, 0.1) is 16.8 Å². The van der Waals surface area contributed by atoms with Crippen LogP contribution in [0.25, 0.3) is 0 Å². The summed E-state index contributed by atoms with van der Waals surface area (Å²) in [6.07, 6.45) is 3.38. The zero-order chi connectivity index (χ0) is 29.9. The summed E-state index contributed by atoms with van der Waals surface area (Å²) < 4.78 is 12.1. The Bertz CT molecular complexity index is 1270. The van der Waals surface area contributed by atoms with Crippen molar-refractivity contribution in [3.05, 3.63) is 58.4 Å². The number of pyridine rings is 1. The van der Waals surface area contributed by atoms with Gasteiger partial charge in [0.15, 0.2) is 6.10 Å². The third-order valence-corrected chi connectivity index (χ3v) is 7.36. The highest BCUT2D eigenvalue weighted by molar-refractivity contribution is 6.00. The van der Waals surface area contributed by atoms with Gasteiger partial charge in [-0.25, -0.2) is 9.59 Å². The number of aromatic carboxylic acids is 1. The lowest BCUT2D eigenvalue weighted by atomic mass is 10.0. The summed E-state index contributed by atoms with van der Waals surface area (Å²) >= 11 is 0. The van der Waals surface area contributed by atoms with Crippen LogP contribution in [0.4, 0.5) is 4.79 Å². The van der Waals surface area contributed by atoms with Crippen LogP contribution in [-0.2, 0) is 4.74 Å². The number of carboxylic acids is 1. The Kier molecular flexibility index (Phi) is 9.21. The van der Waals surface area contributed by atoms with E-state index in [1.165, 1.54) is 24.5 Å². The van der Waals surface area contributed by atoms with E-state index in [9.17, 15) is 19.5 Å². The number of piperazine rings is 1. The summed E-state index contributed by atoms with van der Waals surface area (Å²) in [5, 5.41) is 12.4. The molecule has 0 radical (unpaired) electrons. The Balaban J connectivity index is 1.60. The van der Waals surface area contributed by atoms with Crippen LogP contribution in [0.2, 0.25) is 0 Å². The number of carbonyl (C=O) groups is 3. The van der Waals surface area contributed by atoms with E-state index in [0.717, 1.165) is 5.69 Å². The number of hydrogen-bond acceptors (Lipinski definition) is 7. The Hall–Kier alpha value is -3.66. The average Bonchev–Trinajstić information content (AvgIpc) is 3.73. The molecular formula is C31H42N4O6. The van der Waals surface area contributed by atoms with Crippen molar-refractivity contribution in [2.45, 2.75) is 78.0 Å². The third-order valence-electron chi connectivity index (χ3n) is 7.36. The van der Waals surface area contributed by atoms with Gasteiger partial charge in [0.1, 0.15) is 11.4 Å². The zero-order valence-corrected chi connectivity index (χ0v) is 24.9. The number of amides is 2. The van der Waals surface area contributed by atoms with Crippen LogP contribution >= 0.6 is 0 Å². The van der Waals surface area contributed by atoms with E-state index in [2.05, 4.69) is 16.3 Å². The molecule has 1 saturated carbocycles. The molecule has 2 N–H and O–H groups in total. The van der Waals surface area contributed by atoms with Gasteiger partial charge in [-0.2, -0.15) is 0 Å². The number of nitrogens with one attached hydrogen (secondary N) is 1. The fraction of sp³-hybridized carbons (Fsp3) is 0.548. The molecule has 1 aliphatic heterocycles. The van der Waals surface area contributed by atoms with Crippen LogP contribution in [0.5, 0.6) is 5.75 Å². The van der Waals surface area contributed by atoms with Gasteiger partial charge in [-0.05, 0) is 89.6 Å².